The maximum atomic E-state index is 12.9. The third-order valence-corrected chi connectivity index (χ3v) is 4.82. The summed E-state index contributed by atoms with van der Waals surface area (Å²) in [6.07, 6.45) is 5.96. The number of rotatable bonds is 6. The molecule has 2 rings (SSSR count). The Balaban J connectivity index is 2.15. The standard InChI is InChI=1S/C18H27ClN2O/c1-3-21(4-2)17(14-10-12-15(19)13-11-14)18(22)20-16-8-6-5-7-9-16/h10-13,16-17H,3-9H2,1-2H3,(H,20,22). The van der Waals surface area contributed by atoms with Gasteiger partial charge in [-0.1, -0.05) is 56.8 Å². The molecular formula is C18H27ClN2O. The SMILES string of the molecule is CCN(CC)C(C(=O)NC1CCCCC1)c1ccc(Cl)cc1. The van der Waals surface area contributed by atoms with Gasteiger partial charge in [0, 0.05) is 11.1 Å². The van der Waals surface area contributed by atoms with Crippen LogP contribution in [0.15, 0.2) is 24.3 Å². The molecule has 1 aromatic carbocycles. The molecule has 0 aromatic heterocycles. The molecule has 1 saturated carbocycles. The van der Waals surface area contributed by atoms with Crippen LogP contribution in [0.4, 0.5) is 0 Å². The Hall–Kier alpha value is -1.06. The van der Waals surface area contributed by atoms with Gasteiger partial charge in [0.05, 0.1) is 0 Å². The van der Waals surface area contributed by atoms with Crippen LogP contribution in [0.25, 0.3) is 0 Å². The Morgan fingerprint density at radius 1 is 1.18 bits per heavy atom. The second kappa shape index (κ2) is 8.54. The lowest BCUT2D eigenvalue weighted by atomic mass is 9.94. The second-order valence-electron chi connectivity index (χ2n) is 6.02. The summed E-state index contributed by atoms with van der Waals surface area (Å²) >= 11 is 5.98. The third kappa shape index (κ3) is 4.47. The van der Waals surface area contributed by atoms with Crippen LogP contribution in [-0.4, -0.2) is 29.9 Å². The molecular weight excluding hydrogens is 296 g/mol. The van der Waals surface area contributed by atoms with Gasteiger partial charge in [-0.15, -0.1) is 0 Å². The van der Waals surface area contributed by atoms with Crippen molar-refractivity contribution in [1.82, 2.24) is 10.2 Å². The van der Waals surface area contributed by atoms with E-state index >= 15 is 0 Å². The van der Waals surface area contributed by atoms with Gasteiger partial charge in [-0.05, 0) is 43.6 Å². The number of hydrogen-bond donors (Lipinski definition) is 1. The van der Waals surface area contributed by atoms with E-state index in [1.54, 1.807) is 0 Å². The van der Waals surface area contributed by atoms with E-state index < -0.39 is 0 Å². The smallest absolute Gasteiger partial charge is 0.242 e. The molecule has 0 bridgehead atoms. The average Bonchev–Trinajstić information content (AvgIpc) is 2.54. The molecule has 3 nitrogen and oxygen atoms in total. The quantitative estimate of drug-likeness (QED) is 0.852. The molecule has 1 amide bonds. The van der Waals surface area contributed by atoms with Crippen molar-refractivity contribution in [2.45, 2.75) is 58.0 Å². The van der Waals surface area contributed by atoms with Gasteiger partial charge in [0.1, 0.15) is 6.04 Å². The zero-order valence-electron chi connectivity index (χ0n) is 13.6. The lowest BCUT2D eigenvalue weighted by Crippen LogP contribution is -2.45. The zero-order valence-corrected chi connectivity index (χ0v) is 14.4. The predicted molar refractivity (Wildman–Crippen MR) is 92.1 cm³/mol. The molecule has 22 heavy (non-hydrogen) atoms. The Bertz CT molecular complexity index is 464. The predicted octanol–water partition coefficient (Wildman–Crippen LogP) is 4.17. The number of likely N-dealkylation sites (N-methyl/N-ethyl adjacent to an activating group) is 1. The molecule has 1 fully saturated rings. The van der Waals surface area contributed by atoms with Gasteiger partial charge >= 0.3 is 0 Å². The molecule has 4 heteroatoms. The minimum Gasteiger partial charge on any atom is -0.352 e. The van der Waals surface area contributed by atoms with Crippen LogP contribution >= 0.6 is 11.6 Å². The van der Waals surface area contributed by atoms with Crippen LogP contribution in [0, 0.1) is 0 Å². The number of nitrogens with one attached hydrogen (secondary N) is 1. The largest absolute Gasteiger partial charge is 0.352 e. The summed E-state index contributed by atoms with van der Waals surface area (Å²) in [7, 11) is 0. The first-order valence-electron chi connectivity index (χ1n) is 8.45. The van der Waals surface area contributed by atoms with Crippen LogP contribution in [0.1, 0.15) is 57.6 Å². The number of carbonyl (C=O) groups is 1. The number of nitrogens with zero attached hydrogens (tertiary/aromatic N) is 1. The molecule has 1 unspecified atom stereocenters. The Morgan fingerprint density at radius 2 is 1.77 bits per heavy atom. The van der Waals surface area contributed by atoms with Gasteiger partial charge in [-0.2, -0.15) is 0 Å². The van der Waals surface area contributed by atoms with Crippen molar-refractivity contribution in [2.75, 3.05) is 13.1 Å². The van der Waals surface area contributed by atoms with Crippen LogP contribution in [0.2, 0.25) is 5.02 Å². The summed E-state index contributed by atoms with van der Waals surface area (Å²) < 4.78 is 0. The first kappa shape index (κ1) is 17.3. The van der Waals surface area contributed by atoms with Gasteiger partial charge in [0.2, 0.25) is 5.91 Å². The van der Waals surface area contributed by atoms with Crippen molar-refractivity contribution in [3.8, 4) is 0 Å². The minimum absolute atomic E-state index is 0.123. The molecule has 1 aliphatic rings. The summed E-state index contributed by atoms with van der Waals surface area (Å²) in [5.74, 6) is 0.123. The zero-order chi connectivity index (χ0) is 15.9. The second-order valence-corrected chi connectivity index (χ2v) is 6.46. The molecule has 0 spiro atoms. The Kier molecular flexibility index (Phi) is 6.71. The molecule has 1 atom stereocenters. The van der Waals surface area contributed by atoms with E-state index in [0.29, 0.717) is 11.1 Å². The molecule has 0 radical (unpaired) electrons. The molecule has 0 saturated heterocycles. The van der Waals surface area contributed by atoms with Gasteiger partial charge in [0.25, 0.3) is 0 Å². The lowest BCUT2D eigenvalue weighted by molar-refractivity contribution is -0.127. The molecule has 0 aliphatic heterocycles. The van der Waals surface area contributed by atoms with E-state index in [4.69, 9.17) is 11.6 Å². The third-order valence-electron chi connectivity index (χ3n) is 4.56. The van der Waals surface area contributed by atoms with Crippen LogP contribution in [0.5, 0.6) is 0 Å². The van der Waals surface area contributed by atoms with Crippen molar-refractivity contribution in [1.29, 1.82) is 0 Å². The van der Waals surface area contributed by atoms with E-state index in [-0.39, 0.29) is 11.9 Å². The molecule has 1 aromatic rings. The monoisotopic (exact) mass is 322 g/mol. The molecule has 1 N–H and O–H groups in total. The lowest BCUT2D eigenvalue weighted by Gasteiger charge is -2.31. The number of benzene rings is 1. The number of hydrogen-bond acceptors (Lipinski definition) is 2. The summed E-state index contributed by atoms with van der Waals surface area (Å²) in [4.78, 5) is 15.1. The highest BCUT2D eigenvalue weighted by atomic mass is 35.5. The van der Waals surface area contributed by atoms with Crippen molar-refractivity contribution in [3.63, 3.8) is 0 Å². The summed E-state index contributed by atoms with van der Waals surface area (Å²) in [6.45, 7) is 5.89. The average molecular weight is 323 g/mol. The van der Waals surface area contributed by atoms with Gasteiger partial charge in [0.15, 0.2) is 0 Å². The summed E-state index contributed by atoms with van der Waals surface area (Å²) in [5, 5.41) is 3.97. The fraction of sp³-hybridized carbons (Fsp3) is 0.611. The highest BCUT2D eigenvalue weighted by Crippen LogP contribution is 2.24. The number of amides is 1. The van der Waals surface area contributed by atoms with E-state index in [1.807, 2.05) is 24.3 Å². The normalized spacial score (nSPS) is 17.5. The fourth-order valence-corrected chi connectivity index (χ4v) is 3.41. The van der Waals surface area contributed by atoms with Crippen molar-refractivity contribution >= 4 is 17.5 Å². The van der Waals surface area contributed by atoms with E-state index in [1.165, 1.54) is 19.3 Å². The molecule has 1 aliphatic carbocycles. The van der Waals surface area contributed by atoms with Gasteiger partial charge in [-0.25, -0.2) is 0 Å². The van der Waals surface area contributed by atoms with E-state index in [2.05, 4.69) is 24.1 Å². The topological polar surface area (TPSA) is 32.3 Å². The maximum absolute atomic E-state index is 12.9. The van der Waals surface area contributed by atoms with Crippen LogP contribution in [-0.2, 0) is 4.79 Å². The summed E-state index contributed by atoms with van der Waals surface area (Å²) in [5.41, 5.74) is 1.02. The first-order valence-corrected chi connectivity index (χ1v) is 8.83. The van der Waals surface area contributed by atoms with E-state index in [9.17, 15) is 4.79 Å². The highest BCUT2D eigenvalue weighted by Gasteiger charge is 2.28. The van der Waals surface area contributed by atoms with Gasteiger partial charge < -0.3 is 5.32 Å². The number of halogens is 1. The fourth-order valence-electron chi connectivity index (χ4n) is 3.29. The summed E-state index contributed by atoms with van der Waals surface area (Å²) in [6, 6.07) is 7.76. The van der Waals surface area contributed by atoms with Gasteiger partial charge in [-0.3, -0.25) is 9.69 Å². The Morgan fingerprint density at radius 3 is 2.32 bits per heavy atom. The van der Waals surface area contributed by atoms with Crippen molar-refractivity contribution < 1.29 is 4.79 Å². The van der Waals surface area contributed by atoms with E-state index in [0.717, 1.165) is 31.5 Å². The van der Waals surface area contributed by atoms with Crippen LogP contribution < -0.4 is 5.32 Å². The maximum Gasteiger partial charge on any atom is 0.242 e. The Labute approximate surface area is 139 Å². The number of carbonyl (C=O) groups excluding carboxylic acids is 1. The van der Waals surface area contributed by atoms with Crippen molar-refractivity contribution in [2.24, 2.45) is 0 Å². The molecule has 122 valence electrons. The minimum atomic E-state index is -0.228. The molecule has 0 heterocycles. The van der Waals surface area contributed by atoms with Crippen molar-refractivity contribution in [3.05, 3.63) is 34.9 Å². The highest BCUT2D eigenvalue weighted by molar-refractivity contribution is 6.30. The first-order chi connectivity index (χ1) is 10.7. The van der Waals surface area contributed by atoms with Crippen LogP contribution in [0.3, 0.4) is 0 Å².